The predicted octanol–water partition coefficient (Wildman–Crippen LogP) is -1.72. The molecule has 0 amide bonds. The number of benzene rings is 2. The van der Waals surface area contributed by atoms with Crippen molar-refractivity contribution in [3.63, 3.8) is 0 Å². The van der Waals surface area contributed by atoms with Crippen LogP contribution in [0.15, 0.2) is 67.0 Å². The van der Waals surface area contributed by atoms with Crippen molar-refractivity contribution >= 4 is 0 Å². The molecule has 6 heteroatoms. The fourth-order valence-corrected chi connectivity index (χ4v) is 2.71. The minimum atomic E-state index is 0. The zero-order valence-electron chi connectivity index (χ0n) is 16.0. The lowest BCUT2D eigenvalue weighted by Gasteiger charge is -2.16. The molecular formula is C22H24Cl2N2O2-2. The van der Waals surface area contributed by atoms with Crippen LogP contribution in [0, 0.1) is 6.92 Å². The third-order valence-electron chi connectivity index (χ3n) is 4.15. The summed E-state index contributed by atoms with van der Waals surface area (Å²) in [5, 5.41) is 3.44. The molecule has 1 heterocycles. The lowest BCUT2D eigenvalue weighted by molar-refractivity contribution is -0.00100. The summed E-state index contributed by atoms with van der Waals surface area (Å²) in [6.45, 7) is 4.03. The molecule has 0 saturated carbocycles. The summed E-state index contributed by atoms with van der Waals surface area (Å²) in [5.41, 5.74) is 4.60. The second-order valence-electron chi connectivity index (χ2n) is 6.19. The highest BCUT2D eigenvalue weighted by Crippen LogP contribution is 2.31. The van der Waals surface area contributed by atoms with Crippen LogP contribution in [-0.2, 0) is 19.7 Å². The van der Waals surface area contributed by atoms with E-state index in [-0.39, 0.29) is 24.8 Å². The van der Waals surface area contributed by atoms with Crippen LogP contribution in [0.25, 0.3) is 0 Å². The Morgan fingerprint density at radius 1 is 0.893 bits per heavy atom. The quantitative estimate of drug-likeness (QED) is 0.472. The maximum Gasteiger partial charge on any atom is 0.166 e. The maximum absolute atomic E-state index is 6.11. The van der Waals surface area contributed by atoms with Crippen LogP contribution in [0.3, 0.4) is 0 Å². The maximum atomic E-state index is 6.11. The van der Waals surface area contributed by atoms with Gasteiger partial charge in [-0.3, -0.25) is 4.98 Å². The minimum Gasteiger partial charge on any atom is -1.00 e. The topological polar surface area (TPSA) is 43.4 Å². The van der Waals surface area contributed by atoms with Gasteiger partial charge in [0.2, 0.25) is 0 Å². The molecule has 4 nitrogen and oxygen atoms in total. The molecule has 0 spiro atoms. The molecule has 28 heavy (non-hydrogen) atoms. The SMILES string of the molecule is COc1cccc(CNCc2cccnc2)c1OCc1ccc(C)cc1.[Cl-].[Cl-]. The average molecular weight is 419 g/mol. The standard InChI is InChI=1S/C22H24N2O2.2ClH/c1-17-8-10-18(11-9-17)16-26-22-20(6-3-7-21(22)25-2)15-24-14-19-5-4-12-23-13-19;;/h3-13,24H,14-16H2,1-2H3;2*1H/p-2. The van der Waals surface area contributed by atoms with Crippen LogP contribution in [0.4, 0.5) is 0 Å². The van der Waals surface area contributed by atoms with E-state index in [1.54, 1.807) is 13.3 Å². The summed E-state index contributed by atoms with van der Waals surface area (Å²) < 4.78 is 11.6. The average Bonchev–Trinajstić information content (AvgIpc) is 2.69. The highest BCUT2D eigenvalue weighted by Gasteiger charge is 2.11. The molecule has 150 valence electrons. The molecule has 2 aromatic carbocycles. The predicted molar refractivity (Wildman–Crippen MR) is 103 cm³/mol. The van der Waals surface area contributed by atoms with Gasteiger partial charge in [0.1, 0.15) is 6.61 Å². The number of pyridine rings is 1. The van der Waals surface area contributed by atoms with Crippen molar-refractivity contribution in [3.05, 3.63) is 89.2 Å². The number of halogens is 2. The van der Waals surface area contributed by atoms with Crippen molar-refractivity contribution in [3.8, 4) is 11.5 Å². The Labute approximate surface area is 179 Å². The van der Waals surface area contributed by atoms with Gasteiger partial charge in [0.05, 0.1) is 7.11 Å². The van der Waals surface area contributed by atoms with Gasteiger partial charge in [0.15, 0.2) is 11.5 Å². The van der Waals surface area contributed by atoms with E-state index in [2.05, 4.69) is 53.6 Å². The van der Waals surface area contributed by atoms with E-state index < -0.39 is 0 Å². The Bertz CT molecular complexity index is 828. The number of rotatable bonds is 8. The van der Waals surface area contributed by atoms with E-state index >= 15 is 0 Å². The van der Waals surface area contributed by atoms with E-state index in [9.17, 15) is 0 Å². The third kappa shape index (κ3) is 6.71. The number of ether oxygens (including phenoxy) is 2. The first-order chi connectivity index (χ1) is 12.8. The second-order valence-corrected chi connectivity index (χ2v) is 6.19. The van der Waals surface area contributed by atoms with Crippen LogP contribution in [0.1, 0.15) is 22.3 Å². The number of methoxy groups -OCH3 is 1. The number of para-hydroxylation sites is 1. The van der Waals surface area contributed by atoms with E-state index in [0.717, 1.165) is 34.7 Å². The van der Waals surface area contributed by atoms with E-state index in [0.29, 0.717) is 13.2 Å². The van der Waals surface area contributed by atoms with Gasteiger partial charge in [-0.2, -0.15) is 0 Å². The largest absolute Gasteiger partial charge is 1.00 e. The molecule has 1 aromatic heterocycles. The Morgan fingerprint density at radius 2 is 1.68 bits per heavy atom. The van der Waals surface area contributed by atoms with Gasteiger partial charge in [-0.05, 0) is 30.2 Å². The summed E-state index contributed by atoms with van der Waals surface area (Å²) in [6.07, 6.45) is 3.65. The van der Waals surface area contributed by atoms with Crippen molar-refractivity contribution in [2.24, 2.45) is 0 Å². The van der Waals surface area contributed by atoms with Gasteiger partial charge < -0.3 is 39.6 Å². The number of hydrogen-bond donors (Lipinski definition) is 1. The van der Waals surface area contributed by atoms with Crippen LogP contribution in [0.5, 0.6) is 11.5 Å². The molecule has 3 rings (SSSR count). The normalized spacial score (nSPS) is 9.79. The summed E-state index contributed by atoms with van der Waals surface area (Å²) >= 11 is 0. The van der Waals surface area contributed by atoms with Gasteiger partial charge in [0, 0.05) is 31.0 Å². The van der Waals surface area contributed by atoms with Crippen LogP contribution < -0.4 is 39.6 Å². The van der Waals surface area contributed by atoms with Crippen LogP contribution >= 0.6 is 0 Å². The van der Waals surface area contributed by atoms with Gasteiger partial charge in [-0.1, -0.05) is 48.0 Å². The zero-order chi connectivity index (χ0) is 18.2. The number of nitrogens with zero attached hydrogens (tertiary/aromatic N) is 1. The number of nitrogens with one attached hydrogen (secondary N) is 1. The molecule has 0 fully saturated rings. The highest BCUT2D eigenvalue weighted by molar-refractivity contribution is 5.46. The zero-order valence-corrected chi connectivity index (χ0v) is 17.5. The molecule has 0 aliphatic rings. The van der Waals surface area contributed by atoms with Crippen molar-refractivity contribution in [2.75, 3.05) is 7.11 Å². The van der Waals surface area contributed by atoms with Gasteiger partial charge in [-0.15, -0.1) is 0 Å². The second kappa shape index (κ2) is 12.2. The Balaban J connectivity index is 0.00000196. The molecule has 3 aromatic rings. The van der Waals surface area contributed by atoms with Crippen molar-refractivity contribution in [2.45, 2.75) is 26.6 Å². The summed E-state index contributed by atoms with van der Waals surface area (Å²) in [5.74, 6) is 1.53. The van der Waals surface area contributed by atoms with Crippen LogP contribution in [-0.4, -0.2) is 12.1 Å². The fourth-order valence-electron chi connectivity index (χ4n) is 2.71. The molecule has 1 N–H and O–H groups in total. The molecule has 0 atom stereocenters. The van der Waals surface area contributed by atoms with Crippen molar-refractivity contribution in [1.29, 1.82) is 0 Å². The van der Waals surface area contributed by atoms with E-state index in [1.165, 1.54) is 5.56 Å². The molecule has 0 radical (unpaired) electrons. The lowest BCUT2D eigenvalue weighted by atomic mass is 10.1. The lowest BCUT2D eigenvalue weighted by Crippen LogP contribution is -3.00. The number of aromatic nitrogens is 1. The Kier molecular flexibility index (Phi) is 10.4. The third-order valence-corrected chi connectivity index (χ3v) is 4.15. The Hall–Kier alpha value is -2.27. The molecule has 0 unspecified atom stereocenters. The van der Waals surface area contributed by atoms with Gasteiger partial charge in [-0.25, -0.2) is 0 Å². The molecule has 0 saturated heterocycles. The highest BCUT2D eigenvalue weighted by atomic mass is 35.5. The molecule has 0 aliphatic carbocycles. The first kappa shape index (κ1) is 23.8. The van der Waals surface area contributed by atoms with Crippen LogP contribution in [0.2, 0.25) is 0 Å². The molecule has 0 bridgehead atoms. The first-order valence-electron chi connectivity index (χ1n) is 8.70. The summed E-state index contributed by atoms with van der Waals surface area (Å²) in [4.78, 5) is 4.14. The molecule has 0 aliphatic heterocycles. The van der Waals surface area contributed by atoms with Gasteiger partial charge >= 0.3 is 0 Å². The minimum absolute atomic E-state index is 0. The monoisotopic (exact) mass is 418 g/mol. The Morgan fingerprint density at radius 3 is 2.36 bits per heavy atom. The van der Waals surface area contributed by atoms with E-state index in [4.69, 9.17) is 9.47 Å². The number of aryl methyl sites for hydroxylation is 1. The smallest absolute Gasteiger partial charge is 0.166 e. The number of hydrogen-bond acceptors (Lipinski definition) is 4. The first-order valence-corrected chi connectivity index (χ1v) is 8.70. The van der Waals surface area contributed by atoms with Crippen molar-refractivity contribution < 1.29 is 34.3 Å². The summed E-state index contributed by atoms with van der Waals surface area (Å²) in [7, 11) is 1.67. The molecular weight excluding hydrogens is 395 g/mol. The van der Waals surface area contributed by atoms with Crippen molar-refractivity contribution in [1.82, 2.24) is 10.3 Å². The van der Waals surface area contributed by atoms with E-state index in [1.807, 2.05) is 24.4 Å². The summed E-state index contributed by atoms with van der Waals surface area (Å²) in [6, 6.07) is 18.3. The van der Waals surface area contributed by atoms with Gasteiger partial charge in [0.25, 0.3) is 0 Å². The fraction of sp³-hybridized carbons (Fsp3) is 0.227.